The van der Waals surface area contributed by atoms with Crippen LogP contribution in [0.15, 0.2) is 48.5 Å². The van der Waals surface area contributed by atoms with Crippen LogP contribution in [0.4, 0.5) is 0 Å². The van der Waals surface area contributed by atoms with Gasteiger partial charge in [-0.3, -0.25) is 10.0 Å². The van der Waals surface area contributed by atoms with Gasteiger partial charge in [0.2, 0.25) is 5.91 Å². The molecule has 2 aromatic carbocycles. The first-order valence-corrected chi connectivity index (χ1v) is 7.98. The summed E-state index contributed by atoms with van der Waals surface area (Å²) in [7, 11) is 0. The van der Waals surface area contributed by atoms with Crippen molar-refractivity contribution in [3.05, 3.63) is 54.1 Å². The number of hydrogen-bond donors (Lipinski definition) is 2. The van der Waals surface area contributed by atoms with Crippen LogP contribution in [0.1, 0.15) is 31.7 Å². The zero-order valence-electron chi connectivity index (χ0n) is 13.4. The van der Waals surface area contributed by atoms with Gasteiger partial charge in [-0.15, -0.1) is 0 Å². The molecule has 0 spiro atoms. The Hall–Kier alpha value is -2.33. The lowest BCUT2D eigenvalue weighted by molar-refractivity contribution is -0.129. The zero-order chi connectivity index (χ0) is 16.5. The molecule has 0 heterocycles. The van der Waals surface area contributed by atoms with Gasteiger partial charge in [-0.1, -0.05) is 49.7 Å². The van der Waals surface area contributed by atoms with Crippen LogP contribution >= 0.6 is 0 Å². The first-order valence-electron chi connectivity index (χ1n) is 7.98. The van der Waals surface area contributed by atoms with E-state index in [0.29, 0.717) is 13.0 Å². The second-order valence-corrected chi connectivity index (χ2v) is 5.46. The number of carbonyl (C=O) groups is 1. The van der Waals surface area contributed by atoms with E-state index in [1.54, 1.807) is 5.48 Å². The van der Waals surface area contributed by atoms with Crippen molar-refractivity contribution in [1.29, 1.82) is 0 Å². The second-order valence-electron chi connectivity index (χ2n) is 5.46. The summed E-state index contributed by atoms with van der Waals surface area (Å²) in [5.41, 5.74) is 5.31. The Morgan fingerprint density at radius 2 is 1.65 bits per heavy atom. The Labute approximate surface area is 137 Å². The Morgan fingerprint density at radius 3 is 2.22 bits per heavy atom. The number of hydrogen-bond acceptors (Lipinski definition) is 3. The van der Waals surface area contributed by atoms with Gasteiger partial charge in [0.05, 0.1) is 6.61 Å². The molecule has 0 aliphatic rings. The standard InChI is InChI=1S/C19H23NO3/c1-2-4-15-6-8-16(9-7-15)17-10-12-18(13-11-17)23-14-3-5-19(21)20-22/h6-13,22H,2-5,14H2,1H3,(H,20,21). The van der Waals surface area contributed by atoms with E-state index in [2.05, 4.69) is 31.2 Å². The summed E-state index contributed by atoms with van der Waals surface area (Å²) in [4.78, 5) is 10.9. The monoisotopic (exact) mass is 313 g/mol. The highest BCUT2D eigenvalue weighted by atomic mass is 16.5. The highest BCUT2D eigenvalue weighted by Crippen LogP contribution is 2.23. The lowest BCUT2D eigenvalue weighted by atomic mass is 10.0. The number of hydroxylamine groups is 1. The first-order chi connectivity index (χ1) is 11.2. The van der Waals surface area contributed by atoms with Gasteiger partial charge in [0.15, 0.2) is 0 Å². The summed E-state index contributed by atoms with van der Waals surface area (Å²) < 4.78 is 5.58. The maximum Gasteiger partial charge on any atom is 0.243 e. The van der Waals surface area contributed by atoms with Crippen LogP contribution < -0.4 is 10.2 Å². The predicted molar refractivity (Wildman–Crippen MR) is 90.5 cm³/mol. The SMILES string of the molecule is CCCc1ccc(-c2ccc(OCCCC(=O)NO)cc2)cc1. The number of aryl methyl sites for hydroxylation is 1. The molecule has 23 heavy (non-hydrogen) atoms. The Balaban J connectivity index is 1.87. The number of carbonyl (C=O) groups excluding carboxylic acids is 1. The van der Waals surface area contributed by atoms with E-state index in [9.17, 15) is 4.79 Å². The van der Waals surface area contributed by atoms with Crippen molar-refractivity contribution in [2.24, 2.45) is 0 Å². The third-order valence-corrected chi connectivity index (χ3v) is 3.62. The molecule has 0 unspecified atom stereocenters. The largest absolute Gasteiger partial charge is 0.494 e. The Bertz CT molecular complexity index is 606. The van der Waals surface area contributed by atoms with E-state index < -0.39 is 5.91 Å². The van der Waals surface area contributed by atoms with E-state index in [-0.39, 0.29) is 6.42 Å². The summed E-state index contributed by atoms with van der Waals surface area (Å²) in [5.74, 6) is 0.385. The maximum atomic E-state index is 10.9. The first kappa shape index (κ1) is 17.0. The highest BCUT2D eigenvalue weighted by molar-refractivity contribution is 5.74. The summed E-state index contributed by atoms with van der Waals surface area (Å²) in [6, 6.07) is 16.6. The molecule has 1 amide bonds. The maximum absolute atomic E-state index is 10.9. The molecule has 0 radical (unpaired) electrons. The molecule has 0 aliphatic heterocycles. The molecule has 2 N–H and O–H groups in total. The van der Waals surface area contributed by atoms with Crippen LogP contribution in [0.2, 0.25) is 0 Å². The Morgan fingerprint density at radius 1 is 1.04 bits per heavy atom. The van der Waals surface area contributed by atoms with Crippen molar-refractivity contribution in [2.45, 2.75) is 32.6 Å². The molecule has 4 heteroatoms. The van der Waals surface area contributed by atoms with Crippen molar-refractivity contribution in [1.82, 2.24) is 5.48 Å². The number of nitrogens with one attached hydrogen (secondary N) is 1. The molecule has 122 valence electrons. The van der Waals surface area contributed by atoms with Crippen molar-refractivity contribution in [2.75, 3.05) is 6.61 Å². The van der Waals surface area contributed by atoms with Crippen molar-refractivity contribution in [3.63, 3.8) is 0 Å². The fourth-order valence-corrected chi connectivity index (χ4v) is 2.37. The van der Waals surface area contributed by atoms with Crippen molar-refractivity contribution in [3.8, 4) is 16.9 Å². The fourth-order valence-electron chi connectivity index (χ4n) is 2.37. The average molecular weight is 313 g/mol. The molecule has 4 nitrogen and oxygen atoms in total. The second kappa shape index (κ2) is 8.96. The molecule has 0 fully saturated rings. The molecule has 0 bridgehead atoms. The molecule has 0 atom stereocenters. The highest BCUT2D eigenvalue weighted by Gasteiger charge is 2.01. The van der Waals surface area contributed by atoms with Gasteiger partial charge < -0.3 is 4.74 Å². The van der Waals surface area contributed by atoms with Crippen LogP contribution in [0, 0.1) is 0 Å². The molecule has 0 saturated heterocycles. The number of rotatable bonds is 8. The molecular weight excluding hydrogens is 290 g/mol. The van der Waals surface area contributed by atoms with Crippen LogP contribution in [-0.4, -0.2) is 17.7 Å². The minimum Gasteiger partial charge on any atom is -0.494 e. The van der Waals surface area contributed by atoms with E-state index in [1.807, 2.05) is 24.3 Å². The van der Waals surface area contributed by atoms with Gasteiger partial charge >= 0.3 is 0 Å². The summed E-state index contributed by atoms with van der Waals surface area (Å²) in [5, 5.41) is 8.40. The van der Waals surface area contributed by atoms with Crippen LogP contribution in [-0.2, 0) is 11.2 Å². The van der Waals surface area contributed by atoms with Crippen LogP contribution in [0.5, 0.6) is 5.75 Å². The zero-order valence-corrected chi connectivity index (χ0v) is 13.4. The van der Waals surface area contributed by atoms with Gasteiger partial charge in [-0.05, 0) is 41.7 Å². The van der Waals surface area contributed by atoms with Crippen molar-refractivity contribution >= 4 is 5.91 Å². The van der Waals surface area contributed by atoms with Gasteiger partial charge in [0.1, 0.15) is 5.75 Å². The van der Waals surface area contributed by atoms with Crippen LogP contribution in [0.25, 0.3) is 11.1 Å². The molecular formula is C19H23NO3. The fraction of sp³-hybridized carbons (Fsp3) is 0.316. The third kappa shape index (κ3) is 5.42. The van der Waals surface area contributed by atoms with Gasteiger partial charge in [0.25, 0.3) is 0 Å². The van der Waals surface area contributed by atoms with Crippen molar-refractivity contribution < 1.29 is 14.7 Å². The topological polar surface area (TPSA) is 58.6 Å². The van der Waals surface area contributed by atoms with E-state index in [0.717, 1.165) is 24.2 Å². The van der Waals surface area contributed by atoms with Crippen LogP contribution in [0.3, 0.4) is 0 Å². The summed E-state index contributed by atoms with van der Waals surface area (Å²) >= 11 is 0. The van der Waals surface area contributed by atoms with Gasteiger partial charge in [-0.2, -0.15) is 0 Å². The minimum atomic E-state index is -0.393. The quantitative estimate of drug-likeness (QED) is 0.440. The summed E-state index contributed by atoms with van der Waals surface area (Å²) in [6.45, 7) is 2.63. The molecule has 0 aliphatic carbocycles. The average Bonchev–Trinajstić information content (AvgIpc) is 2.60. The van der Waals surface area contributed by atoms with E-state index in [4.69, 9.17) is 9.94 Å². The lowest BCUT2D eigenvalue weighted by Gasteiger charge is -2.08. The molecule has 0 saturated carbocycles. The smallest absolute Gasteiger partial charge is 0.243 e. The van der Waals surface area contributed by atoms with E-state index >= 15 is 0 Å². The summed E-state index contributed by atoms with van der Waals surface area (Å²) in [6.07, 6.45) is 3.08. The van der Waals surface area contributed by atoms with E-state index in [1.165, 1.54) is 11.1 Å². The molecule has 0 aromatic heterocycles. The lowest BCUT2D eigenvalue weighted by Crippen LogP contribution is -2.18. The third-order valence-electron chi connectivity index (χ3n) is 3.62. The number of benzene rings is 2. The Kier molecular flexibility index (Phi) is 6.63. The van der Waals surface area contributed by atoms with Gasteiger partial charge in [0, 0.05) is 6.42 Å². The minimum absolute atomic E-state index is 0.249. The molecule has 2 aromatic rings. The number of amides is 1. The predicted octanol–water partition coefficient (Wildman–Crippen LogP) is 3.97. The van der Waals surface area contributed by atoms with Gasteiger partial charge in [-0.25, -0.2) is 5.48 Å². The normalized spacial score (nSPS) is 10.3. The molecule has 2 rings (SSSR count). The number of ether oxygens (including phenoxy) is 1.